The molecule has 1 unspecified atom stereocenters. The molecule has 0 aromatic rings. The molecule has 84 valence electrons. The van der Waals surface area contributed by atoms with E-state index in [9.17, 15) is 0 Å². The second kappa shape index (κ2) is 9.82. The normalized spacial score (nSPS) is 14.4. The number of hydrogen-bond acceptors (Lipinski definition) is 1. The molecular formula is C11H21Cl2N. The lowest BCUT2D eigenvalue weighted by atomic mass is 9.99. The van der Waals surface area contributed by atoms with Crippen molar-refractivity contribution in [3.8, 4) is 0 Å². The molecule has 0 aromatic heterocycles. The number of hydrogen-bond donors (Lipinski definition) is 1. The van der Waals surface area contributed by atoms with Gasteiger partial charge in [-0.3, -0.25) is 0 Å². The Morgan fingerprint density at radius 2 is 2.14 bits per heavy atom. The molecule has 0 aromatic carbocycles. The minimum Gasteiger partial charge on any atom is -0.311 e. The first-order valence-electron chi connectivity index (χ1n) is 5.40. The van der Waals surface area contributed by atoms with Crippen molar-refractivity contribution in [3.05, 3.63) is 10.6 Å². The first-order chi connectivity index (χ1) is 6.74. The number of halogens is 2. The molecule has 0 aliphatic carbocycles. The standard InChI is InChI=1S/C11H21Cl2N/c1-3-5-6-10(4-2)8-14-9-11(13)7-12/h7,10,14H,3-6,8-9H2,1-2H3. The minimum atomic E-state index is 0.678. The Kier molecular flexibility index (Phi) is 10.0. The molecule has 1 atom stereocenters. The fraction of sp³-hybridized carbons (Fsp3) is 0.818. The van der Waals surface area contributed by atoms with E-state index < -0.39 is 0 Å². The van der Waals surface area contributed by atoms with Crippen LogP contribution < -0.4 is 5.32 Å². The van der Waals surface area contributed by atoms with Gasteiger partial charge in [0, 0.05) is 17.1 Å². The van der Waals surface area contributed by atoms with Gasteiger partial charge in [0.1, 0.15) is 0 Å². The van der Waals surface area contributed by atoms with Crippen molar-refractivity contribution in [1.29, 1.82) is 0 Å². The molecule has 0 bridgehead atoms. The van der Waals surface area contributed by atoms with Gasteiger partial charge >= 0.3 is 0 Å². The van der Waals surface area contributed by atoms with Crippen LogP contribution in [-0.4, -0.2) is 13.1 Å². The highest BCUT2D eigenvalue weighted by atomic mass is 35.5. The average molecular weight is 238 g/mol. The van der Waals surface area contributed by atoms with Crippen molar-refractivity contribution in [1.82, 2.24) is 5.32 Å². The highest BCUT2D eigenvalue weighted by Crippen LogP contribution is 2.11. The quantitative estimate of drug-likeness (QED) is 0.671. The summed E-state index contributed by atoms with van der Waals surface area (Å²) in [7, 11) is 0. The Morgan fingerprint density at radius 1 is 1.43 bits per heavy atom. The summed E-state index contributed by atoms with van der Waals surface area (Å²) in [5.41, 5.74) is 1.42. The molecule has 0 heterocycles. The largest absolute Gasteiger partial charge is 0.311 e. The molecule has 1 N–H and O–H groups in total. The van der Waals surface area contributed by atoms with E-state index in [2.05, 4.69) is 19.2 Å². The van der Waals surface area contributed by atoms with E-state index in [0.717, 1.165) is 12.5 Å². The van der Waals surface area contributed by atoms with Gasteiger partial charge in [0.15, 0.2) is 0 Å². The molecule has 0 rings (SSSR count). The van der Waals surface area contributed by atoms with Crippen LogP contribution in [0.4, 0.5) is 0 Å². The lowest BCUT2D eigenvalue weighted by Gasteiger charge is -2.14. The Balaban J connectivity index is 3.52. The number of unbranched alkanes of at least 4 members (excludes halogenated alkanes) is 1. The zero-order valence-corrected chi connectivity index (χ0v) is 10.7. The van der Waals surface area contributed by atoms with Crippen LogP contribution in [-0.2, 0) is 0 Å². The zero-order valence-electron chi connectivity index (χ0n) is 9.15. The smallest absolute Gasteiger partial charge is 0.0431 e. The Morgan fingerprint density at radius 3 is 2.64 bits per heavy atom. The Bertz CT molecular complexity index is 157. The predicted octanol–water partition coefficient (Wildman–Crippen LogP) is 4.11. The van der Waals surface area contributed by atoms with E-state index in [4.69, 9.17) is 23.2 Å². The highest BCUT2D eigenvalue weighted by molar-refractivity contribution is 6.36. The fourth-order valence-corrected chi connectivity index (χ4v) is 1.55. The Hall–Kier alpha value is 0.280. The molecular weight excluding hydrogens is 217 g/mol. The lowest BCUT2D eigenvalue weighted by molar-refractivity contribution is 0.427. The average Bonchev–Trinajstić information content (AvgIpc) is 2.22. The van der Waals surface area contributed by atoms with Gasteiger partial charge in [0.25, 0.3) is 0 Å². The van der Waals surface area contributed by atoms with Crippen molar-refractivity contribution in [3.63, 3.8) is 0 Å². The summed E-state index contributed by atoms with van der Waals surface area (Å²) >= 11 is 11.2. The van der Waals surface area contributed by atoms with E-state index in [1.54, 1.807) is 0 Å². The van der Waals surface area contributed by atoms with Gasteiger partial charge in [0.2, 0.25) is 0 Å². The zero-order chi connectivity index (χ0) is 10.8. The summed E-state index contributed by atoms with van der Waals surface area (Å²) in [4.78, 5) is 0. The van der Waals surface area contributed by atoms with Crippen molar-refractivity contribution in [2.24, 2.45) is 5.92 Å². The second-order valence-electron chi connectivity index (χ2n) is 3.60. The topological polar surface area (TPSA) is 12.0 Å². The lowest BCUT2D eigenvalue weighted by Crippen LogP contribution is -2.23. The Labute approximate surface area is 97.9 Å². The first-order valence-corrected chi connectivity index (χ1v) is 6.21. The molecule has 0 spiro atoms. The van der Waals surface area contributed by atoms with E-state index in [-0.39, 0.29) is 0 Å². The summed E-state index contributed by atoms with van der Waals surface area (Å²) in [6.07, 6.45) is 5.13. The molecule has 0 aliphatic heterocycles. The van der Waals surface area contributed by atoms with Crippen LogP contribution in [0.2, 0.25) is 0 Å². The van der Waals surface area contributed by atoms with Crippen LogP contribution in [0.3, 0.4) is 0 Å². The third-order valence-corrected chi connectivity index (χ3v) is 3.01. The van der Waals surface area contributed by atoms with E-state index in [1.165, 1.54) is 31.2 Å². The summed E-state index contributed by atoms with van der Waals surface area (Å²) in [6, 6.07) is 0. The molecule has 0 fully saturated rings. The van der Waals surface area contributed by atoms with Gasteiger partial charge in [-0.1, -0.05) is 56.3 Å². The van der Waals surface area contributed by atoms with Gasteiger partial charge in [-0.15, -0.1) is 0 Å². The van der Waals surface area contributed by atoms with Gasteiger partial charge < -0.3 is 5.32 Å². The van der Waals surface area contributed by atoms with Crippen LogP contribution >= 0.6 is 23.2 Å². The molecule has 0 saturated carbocycles. The van der Waals surface area contributed by atoms with Gasteiger partial charge in [-0.2, -0.15) is 0 Å². The SMILES string of the molecule is CCCCC(CC)CNCC(Cl)=CCl. The third-order valence-electron chi connectivity index (χ3n) is 2.39. The minimum absolute atomic E-state index is 0.678. The molecule has 0 amide bonds. The molecule has 0 saturated heterocycles. The third kappa shape index (κ3) is 7.66. The van der Waals surface area contributed by atoms with Crippen molar-refractivity contribution in [2.75, 3.05) is 13.1 Å². The monoisotopic (exact) mass is 237 g/mol. The van der Waals surface area contributed by atoms with Gasteiger partial charge in [0.05, 0.1) is 0 Å². The van der Waals surface area contributed by atoms with Gasteiger partial charge in [-0.05, 0) is 18.9 Å². The molecule has 3 heteroatoms. The summed E-state index contributed by atoms with van der Waals surface area (Å²) in [5, 5.41) is 3.99. The molecule has 14 heavy (non-hydrogen) atoms. The summed E-state index contributed by atoms with van der Waals surface area (Å²) in [6.45, 7) is 6.19. The maximum absolute atomic E-state index is 5.76. The fourth-order valence-electron chi connectivity index (χ4n) is 1.38. The molecule has 1 nitrogen and oxygen atoms in total. The highest BCUT2D eigenvalue weighted by Gasteiger charge is 2.04. The summed E-state index contributed by atoms with van der Waals surface area (Å²) < 4.78 is 0. The van der Waals surface area contributed by atoms with Crippen LogP contribution in [0.5, 0.6) is 0 Å². The number of nitrogens with one attached hydrogen (secondary N) is 1. The number of rotatable bonds is 8. The molecule has 0 aliphatic rings. The van der Waals surface area contributed by atoms with E-state index >= 15 is 0 Å². The van der Waals surface area contributed by atoms with Crippen LogP contribution in [0.25, 0.3) is 0 Å². The first kappa shape index (κ1) is 14.3. The molecule has 0 radical (unpaired) electrons. The maximum Gasteiger partial charge on any atom is 0.0431 e. The maximum atomic E-state index is 5.76. The second-order valence-corrected chi connectivity index (χ2v) is 4.31. The van der Waals surface area contributed by atoms with Crippen LogP contribution in [0.15, 0.2) is 10.6 Å². The van der Waals surface area contributed by atoms with E-state index in [1.807, 2.05) is 0 Å². The predicted molar refractivity (Wildman–Crippen MR) is 66.0 cm³/mol. The summed E-state index contributed by atoms with van der Waals surface area (Å²) in [5.74, 6) is 0.773. The van der Waals surface area contributed by atoms with Crippen molar-refractivity contribution >= 4 is 23.2 Å². The van der Waals surface area contributed by atoms with Crippen LogP contribution in [0.1, 0.15) is 39.5 Å². The van der Waals surface area contributed by atoms with Crippen molar-refractivity contribution in [2.45, 2.75) is 39.5 Å². The van der Waals surface area contributed by atoms with Crippen molar-refractivity contribution < 1.29 is 0 Å². The van der Waals surface area contributed by atoms with Gasteiger partial charge in [-0.25, -0.2) is 0 Å². The van der Waals surface area contributed by atoms with Crippen LogP contribution in [0, 0.1) is 5.92 Å². The van der Waals surface area contributed by atoms with E-state index in [0.29, 0.717) is 11.6 Å².